The van der Waals surface area contributed by atoms with Crippen molar-refractivity contribution in [2.24, 2.45) is 5.10 Å². The predicted octanol–water partition coefficient (Wildman–Crippen LogP) is 3.92. The van der Waals surface area contributed by atoms with Gasteiger partial charge in [0, 0.05) is 11.1 Å². The lowest BCUT2D eigenvalue weighted by atomic mass is 10.0. The summed E-state index contributed by atoms with van der Waals surface area (Å²) in [7, 11) is 0. The zero-order valence-electron chi connectivity index (χ0n) is 14.2. The van der Waals surface area contributed by atoms with E-state index in [4.69, 9.17) is 0 Å². The van der Waals surface area contributed by atoms with Gasteiger partial charge in [-0.25, -0.2) is 5.43 Å². The molecule has 0 aliphatic heterocycles. The topological polar surface area (TPSA) is 81.9 Å². The van der Waals surface area contributed by atoms with Gasteiger partial charge in [0.15, 0.2) is 0 Å². The zero-order valence-corrected chi connectivity index (χ0v) is 14.2. The third-order valence-electron chi connectivity index (χ3n) is 3.95. The van der Waals surface area contributed by atoms with E-state index in [2.05, 4.69) is 10.5 Å². The molecule has 0 saturated carbocycles. The van der Waals surface area contributed by atoms with Gasteiger partial charge in [0.2, 0.25) is 0 Å². The van der Waals surface area contributed by atoms with Crippen LogP contribution in [-0.2, 0) is 0 Å². The van der Waals surface area contributed by atoms with Gasteiger partial charge in [-0.05, 0) is 48.4 Å². The van der Waals surface area contributed by atoms with Crippen LogP contribution in [0.25, 0.3) is 11.1 Å². The number of nitrogens with one attached hydrogen (secondary N) is 1. The van der Waals surface area contributed by atoms with Crippen molar-refractivity contribution in [1.29, 1.82) is 0 Å². The van der Waals surface area contributed by atoms with Gasteiger partial charge >= 0.3 is 0 Å². The van der Waals surface area contributed by atoms with Crippen molar-refractivity contribution in [3.05, 3.63) is 83.9 Å². The third kappa shape index (κ3) is 3.89. The second-order valence-electron chi connectivity index (χ2n) is 5.78. The van der Waals surface area contributed by atoms with Crippen LogP contribution in [0.2, 0.25) is 0 Å². The van der Waals surface area contributed by atoms with Gasteiger partial charge in [-0.3, -0.25) is 4.79 Å². The van der Waals surface area contributed by atoms with Crippen molar-refractivity contribution in [1.82, 2.24) is 5.43 Å². The smallest absolute Gasteiger partial charge is 0.271 e. The molecule has 1 amide bonds. The van der Waals surface area contributed by atoms with E-state index in [1.807, 2.05) is 42.5 Å². The van der Waals surface area contributed by atoms with Gasteiger partial charge in [-0.1, -0.05) is 42.5 Å². The summed E-state index contributed by atoms with van der Waals surface area (Å²) in [5, 5.41) is 23.3. The Balaban J connectivity index is 1.73. The summed E-state index contributed by atoms with van der Waals surface area (Å²) < 4.78 is 0. The molecule has 0 aliphatic carbocycles. The molecule has 0 heterocycles. The van der Waals surface area contributed by atoms with Crippen LogP contribution in [-0.4, -0.2) is 21.8 Å². The van der Waals surface area contributed by atoms with Crippen molar-refractivity contribution in [3.63, 3.8) is 0 Å². The monoisotopic (exact) mass is 346 g/mol. The van der Waals surface area contributed by atoms with Crippen LogP contribution in [0.3, 0.4) is 0 Å². The fourth-order valence-corrected chi connectivity index (χ4v) is 2.52. The molecule has 3 aromatic rings. The maximum atomic E-state index is 12.3. The van der Waals surface area contributed by atoms with Crippen molar-refractivity contribution in [2.75, 3.05) is 0 Å². The molecule has 0 unspecified atom stereocenters. The molecule has 5 nitrogen and oxygen atoms in total. The lowest BCUT2D eigenvalue weighted by molar-refractivity contribution is 0.0955. The maximum Gasteiger partial charge on any atom is 0.271 e. The molecule has 5 heteroatoms. The van der Waals surface area contributed by atoms with Gasteiger partial charge < -0.3 is 10.2 Å². The highest BCUT2D eigenvalue weighted by atomic mass is 16.3. The molecule has 0 fully saturated rings. The van der Waals surface area contributed by atoms with Crippen molar-refractivity contribution >= 4 is 11.6 Å². The van der Waals surface area contributed by atoms with E-state index >= 15 is 0 Å². The Kier molecular flexibility index (Phi) is 4.99. The second-order valence-corrected chi connectivity index (χ2v) is 5.78. The number of nitrogens with zero attached hydrogens (tertiary/aromatic N) is 1. The minimum absolute atomic E-state index is 0.00942. The van der Waals surface area contributed by atoms with Gasteiger partial charge in [0.25, 0.3) is 5.91 Å². The van der Waals surface area contributed by atoms with Gasteiger partial charge in [-0.15, -0.1) is 0 Å². The molecule has 0 saturated heterocycles. The first-order valence-electron chi connectivity index (χ1n) is 8.07. The van der Waals surface area contributed by atoms with E-state index in [0.29, 0.717) is 16.8 Å². The first-order valence-corrected chi connectivity index (χ1v) is 8.07. The van der Waals surface area contributed by atoms with E-state index in [0.717, 1.165) is 11.1 Å². The molecule has 0 radical (unpaired) electrons. The fraction of sp³-hybridized carbons (Fsp3) is 0.0476. The average molecular weight is 346 g/mol. The summed E-state index contributed by atoms with van der Waals surface area (Å²) in [5.74, 6) is -0.371. The average Bonchev–Trinajstić information content (AvgIpc) is 2.68. The Morgan fingerprint density at radius 3 is 2.23 bits per heavy atom. The van der Waals surface area contributed by atoms with E-state index in [1.165, 1.54) is 18.2 Å². The van der Waals surface area contributed by atoms with Gasteiger partial charge in [-0.2, -0.15) is 5.10 Å². The summed E-state index contributed by atoms with van der Waals surface area (Å²) in [6.07, 6.45) is 0. The van der Waals surface area contributed by atoms with Gasteiger partial charge in [0.05, 0.1) is 5.71 Å². The summed E-state index contributed by atoms with van der Waals surface area (Å²) >= 11 is 0. The Labute approximate surface area is 151 Å². The number of phenols is 2. The Hall–Kier alpha value is -3.60. The first kappa shape index (κ1) is 17.2. The Bertz CT molecular complexity index is 949. The highest BCUT2D eigenvalue weighted by molar-refractivity contribution is 6.03. The number of carbonyl (C=O) groups is 1. The van der Waals surface area contributed by atoms with Crippen molar-refractivity contribution < 1.29 is 15.0 Å². The molecule has 0 atom stereocenters. The third-order valence-corrected chi connectivity index (χ3v) is 3.95. The molecule has 26 heavy (non-hydrogen) atoms. The minimum Gasteiger partial charge on any atom is -0.508 e. The number of rotatable bonds is 4. The summed E-state index contributed by atoms with van der Waals surface area (Å²) in [5.41, 5.74) is 5.76. The predicted molar refractivity (Wildman–Crippen MR) is 101 cm³/mol. The van der Waals surface area contributed by atoms with Crippen LogP contribution < -0.4 is 5.43 Å². The van der Waals surface area contributed by atoms with Crippen LogP contribution in [0.4, 0.5) is 0 Å². The molecular formula is C21H18N2O3. The molecule has 0 aliphatic rings. The number of benzene rings is 3. The lowest BCUT2D eigenvalue weighted by Gasteiger charge is -2.06. The number of hydrogen-bond donors (Lipinski definition) is 3. The number of hydrogen-bond acceptors (Lipinski definition) is 4. The molecule has 0 bridgehead atoms. The molecule has 3 rings (SSSR count). The molecule has 0 spiro atoms. The second kappa shape index (κ2) is 7.53. The number of amides is 1. The summed E-state index contributed by atoms with van der Waals surface area (Å²) in [6.45, 7) is 1.63. The summed E-state index contributed by atoms with van der Waals surface area (Å²) in [6, 6.07) is 21.2. The summed E-state index contributed by atoms with van der Waals surface area (Å²) in [4.78, 5) is 12.3. The van der Waals surface area contributed by atoms with E-state index in [-0.39, 0.29) is 17.4 Å². The van der Waals surface area contributed by atoms with Crippen molar-refractivity contribution in [2.45, 2.75) is 6.92 Å². The quantitative estimate of drug-likeness (QED) is 0.380. The number of phenolic OH excluding ortho intramolecular Hbond substituents is 2. The van der Waals surface area contributed by atoms with E-state index < -0.39 is 0 Å². The first-order chi connectivity index (χ1) is 12.5. The normalized spacial score (nSPS) is 11.2. The fourth-order valence-electron chi connectivity index (χ4n) is 2.52. The van der Waals surface area contributed by atoms with Crippen molar-refractivity contribution in [3.8, 4) is 22.6 Å². The zero-order chi connectivity index (χ0) is 18.5. The van der Waals surface area contributed by atoms with E-state index in [1.54, 1.807) is 19.1 Å². The molecule has 3 N–H and O–H groups in total. The van der Waals surface area contributed by atoms with Crippen LogP contribution >= 0.6 is 0 Å². The van der Waals surface area contributed by atoms with Crippen LogP contribution in [0, 0.1) is 0 Å². The number of carbonyl (C=O) groups excluding carboxylic acids is 1. The van der Waals surface area contributed by atoms with Crippen LogP contribution in [0.15, 0.2) is 77.9 Å². The highest BCUT2D eigenvalue weighted by Crippen LogP contribution is 2.23. The maximum absolute atomic E-state index is 12.3. The minimum atomic E-state index is -0.358. The molecule has 3 aromatic carbocycles. The highest BCUT2D eigenvalue weighted by Gasteiger charge is 2.08. The number of aromatic hydroxyl groups is 2. The molecule has 0 aromatic heterocycles. The lowest BCUT2D eigenvalue weighted by Crippen LogP contribution is -2.19. The number of hydrazone groups is 1. The largest absolute Gasteiger partial charge is 0.508 e. The standard InChI is InChI=1S/C21H18N2O3/c1-14(19-13-18(24)11-12-20(19)25)22-23-21(26)17-9-7-16(8-10-17)15-5-3-2-4-6-15/h2-13,24-25H,1H3,(H,23,26)/b22-14-. The Morgan fingerprint density at radius 1 is 0.885 bits per heavy atom. The van der Waals surface area contributed by atoms with E-state index in [9.17, 15) is 15.0 Å². The molecule has 130 valence electrons. The van der Waals surface area contributed by atoms with Gasteiger partial charge in [0.1, 0.15) is 11.5 Å². The SMILES string of the molecule is C/C(=N/NC(=O)c1ccc(-c2ccccc2)cc1)c1cc(O)ccc1O. The van der Waals surface area contributed by atoms with Crippen LogP contribution in [0.5, 0.6) is 11.5 Å². The Morgan fingerprint density at radius 2 is 1.54 bits per heavy atom. The molecular weight excluding hydrogens is 328 g/mol. The van der Waals surface area contributed by atoms with Crippen LogP contribution in [0.1, 0.15) is 22.8 Å².